The highest BCUT2D eigenvalue weighted by Gasteiger charge is 2.40. The lowest BCUT2D eigenvalue weighted by molar-refractivity contribution is -0.117. The highest BCUT2D eigenvalue weighted by Crippen LogP contribution is 2.43. The van der Waals surface area contributed by atoms with Gasteiger partial charge in [0.1, 0.15) is 11.6 Å². The van der Waals surface area contributed by atoms with Gasteiger partial charge in [-0.2, -0.15) is 0 Å². The van der Waals surface area contributed by atoms with E-state index in [1.807, 2.05) is 32.9 Å². The zero-order chi connectivity index (χ0) is 21.4. The molecule has 0 saturated carbocycles. The number of hydrogen-bond donors (Lipinski definition) is 2. The number of amides is 1. The van der Waals surface area contributed by atoms with Gasteiger partial charge < -0.3 is 10.6 Å². The number of benzene rings is 1. The Labute approximate surface area is 175 Å². The molecule has 0 unspecified atom stereocenters. The van der Waals surface area contributed by atoms with Crippen molar-refractivity contribution in [3.63, 3.8) is 0 Å². The first-order valence-corrected chi connectivity index (χ1v) is 10.1. The van der Waals surface area contributed by atoms with Crippen LogP contribution >= 0.6 is 0 Å². The number of dihydropyridines is 1. The Kier molecular flexibility index (Phi) is 5.24. The third-order valence-corrected chi connectivity index (χ3v) is 5.59. The second kappa shape index (κ2) is 7.86. The maximum absolute atomic E-state index is 14.1. The van der Waals surface area contributed by atoms with E-state index in [1.165, 1.54) is 12.1 Å². The lowest BCUT2D eigenvalue weighted by atomic mass is 9.73. The zero-order valence-corrected chi connectivity index (χ0v) is 17.3. The molecule has 0 saturated heterocycles. The number of carbonyl (C=O) groups is 2. The molecule has 5 nitrogen and oxygen atoms in total. The summed E-state index contributed by atoms with van der Waals surface area (Å²) >= 11 is 0. The number of hydrogen-bond acceptors (Lipinski definition) is 4. The highest BCUT2D eigenvalue weighted by atomic mass is 19.1. The summed E-state index contributed by atoms with van der Waals surface area (Å²) in [7, 11) is 0. The van der Waals surface area contributed by atoms with Gasteiger partial charge in [0.25, 0.3) is 5.91 Å². The summed E-state index contributed by atoms with van der Waals surface area (Å²) in [6, 6.07) is 11.5. The molecule has 0 spiro atoms. The van der Waals surface area contributed by atoms with Gasteiger partial charge in [-0.25, -0.2) is 9.37 Å². The number of allylic oxidation sites excluding steroid dienone is 3. The fraction of sp³-hybridized carbons (Fsp3) is 0.292. The minimum absolute atomic E-state index is 0.00279. The van der Waals surface area contributed by atoms with Gasteiger partial charge in [-0.05, 0) is 56.0 Å². The van der Waals surface area contributed by atoms with Crippen LogP contribution in [0.2, 0.25) is 0 Å². The SMILES string of the molecule is CC1=C(C(=O)Nc2cccc(C)n2)[C@H](c2cccc(F)c2)C2=C(C[C@H](C)CC2=O)N1. The molecule has 0 fully saturated rings. The number of aromatic nitrogens is 1. The summed E-state index contributed by atoms with van der Waals surface area (Å²) in [5.41, 5.74) is 3.83. The number of ketones is 1. The van der Waals surface area contributed by atoms with Gasteiger partial charge in [0.05, 0.1) is 0 Å². The summed E-state index contributed by atoms with van der Waals surface area (Å²) in [6.45, 7) is 5.69. The Hall–Kier alpha value is -3.28. The molecule has 2 aliphatic rings. The molecule has 1 aliphatic carbocycles. The molecule has 1 aromatic carbocycles. The first-order chi connectivity index (χ1) is 14.3. The molecule has 1 aromatic heterocycles. The van der Waals surface area contributed by atoms with Crippen LogP contribution in [0.15, 0.2) is 65.0 Å². The summed E-state index contributed by atoms with van der Waals surface area (Å²) in [5.74, 6) is -0.732. The van der Waals surface area contributed by atoms with Gasteiger partial charge in [0.2, 0.25) is 0 Å². The summed E-state index contributed by atoms with van der Waals surface area (Å²) in [6.07, 6.45) is 1.14. The van der Waals surface area contributed by atoms with Gasteiger partial charge in [-0.15, -0.1) is 0 Å². The van der Waals surface area contributed by atoms with Crippen molar-refractivity contribution in [2.45, 2.75) is 39.5 Å². The first-order valence-electron chi connectivity index (χ1n) is 10.1. The Morgan fingerprint density at radius 1 is 1.17 bits per heavy atom. The molecule has 30 heavy (non-hydrogen) atoms. The standard InChI is InChI=1S/C24H24FN3O2/c1-13-10-18-23(19(29)11-13)22(16-7-5-8-17(25)12-16)21(15(3)27-18)24(30)28-20-9-4-6-14(2)26-20/h4-9,12-13,22,27H,10-11H2,1-3H3,(H,26,28,30)/t13-,22-/m0/s1. The zero-order valence-electron chi connectivity index (χ0n) is 17.3. The summed E-state index contributed by atoms with van der Waals surface area (Å²) < 4.78 is 14.1. The van der Waals surface area contributed by atoms with Crippen molar-refractivity contribution in [1.82, 2.24) is 10.3 Å². The maximum atomic E-state index is 14.1. The normalized spacial score (nSPS) is 21.3. The van der Waals surface area contributed by atoms with Crippen LogP contribution < -0.4 is 10.6 Å². The number of aryl methyl sites for hydroxylation is 1. The lowest BCUT2D eigenvalue weighted by Gasteiger charge is -2.36. The van der Waals surface area contributed by atoms with Crippen molar-refractivity contribution in [3.8, 4) is 0 Å². The third kappa shape index (κ3) is 3.77. The fourth-order valence-electron chi connectivity index (χ4n) is 4.35. The molecule has 0 bridgehead atoms. The van der Waals surface area contributed by atoms with Gasteiger partial charge in [-0.3, -0.25) is 9.59 Å². The van der Waals surface area contributed by atoms with Crippen molar-refractivity contribution in [2.75, 3.05) is 5.32 Å². The second-order valence-electron chi connectivity index (χ2n) is 8.10. The van der Waals surface area contributed by atoms with Crippen LogP contribution in [0.3, 0.4) is 0 Å². The quantitative estimate of drug-likeness (QED) is 0.795. The second-order valence-corrected chi connectivity index (χ2v) is 8.10. The number of carbonyl (C=O) groups excluding carboxylic acids is 2. The van der Waals surface area contributed by atoms with Crippen LogP contribution in [-0.2, 0) is 9.59 Å². The van der Waals surface area contributed by atoms with Crippen LogP contribution in [-0.4, -0.2) is 16.7 Å². The molecule has 4 rings (SSSR count). The predicted octanol–water partition coefficient (Wildman–Crippen LogP) is 4.38. The van der Waals surface area contributed by atoms with E-state index in [0.717, 1.165) is 17.8 Å². The van der Waals surface area contributed by atoms with Crippen LogP contribution in [0.4, 0.5) is 10.2 Å². The van der Waals surface area contributed by atoms with Gasteiger partial charge in [-0.1, -0.05) is 25.1 Å². The van der Waals surface area contributed by atoms with Crippen LogP contribution in [0.25, 0.3) is 0 Å². The molecule has 6 heteroatoms. The maximum Gasteiger partial charge on any atom is 0.255 e. The number of Topliss-reactive ketones (excluding diaryl/α,β-unsaturated/α-hetero) is 1. The third-order valence-electron chi connectivity index (χ3n) is 5.59. The van der Waals surface area contributed by atoms with Crippen LogP contribution in [0.1, 0.15) is 43.9 Å². The molecule has 2 aromatic rings. The largest absolute Gasteiger partial charge is 0.362 e. The molecule has 2 heterocycles. The first kappa shape index (κ1) is 20.0. The predicted molar refractivity (Wildman–Crippen MR) is 113 cm³/mol. The van der Waals surface area contributed by atoms with E-state index in [2.05, 4.69) is 15.6 Å². The topological polar surface area (TPSA) is 71.1 Å². The monoisotopic (exact) mass is 405 g/mol. The van der Waals surface area contributed by atoms with E-state index >= 15 is 0 Å². The number of pyridine rings is 1. The Bertz CT molecular complexity index is 1100. The van der Waals surface area contributed by atoms with Crippen LogP contribution in [0.5, 0.6) is 0 Å². The van der Waals surface area contributed by atoms with E-state index in [9.17, 15) is 14.0 Å². The highest BCUT2D eigenvalue weighted by molar-refractivity contribution is 6.09. The summed E-state index contributed by atoms with van der Waals surface area (Å²) in [5, 5.41) is 6.13. The van der Waals surface area contributed by atoms with Crippen molar-refractivity contribution in [1.29, 1.82) is 0 Å². The fourth-order valence-corrected chi connectivity index (χ4v) is 4.35. The number of nitrogens with zero attached hydrogens (tertiary/aromatic N) is 1. The Balaban J connectivity index is 1.80. The van der Waals surface area contributed by atoms with Crippen LogP contribution in [0, 0.1) is 18.7 Å². The molecule has 0 radical (unpaired) electrons. The van der Waals surface area contributed by atoms with Gasteiger partial charge in [0, 0.05) is 40.6 Å². The molecule has 154 valence electrons. The van der Waals surface area contributed by atoms with Crippen molar-refractivity contribution in [2.24, 2.45) is 5.92 Å². The van der Waals surface area contributed by atoms with E-state index in [4.69, 9.17) is 0 Å². The average molecular weight is 405 g/mol. The molecular weight excluding hydrogens is 381 g/mol. The molecule has 2 N–H and O–H groups in total. The number of anilines is 1. The molecule has 2 atom stereocenters. The summed E-state index contributed by atoms with van der Waals surface area (Å²) in [4.78, 5) is 30.7. The average Bonchev–Trinajstić information content (AvgIpc) is 2.66. The van der Waals surface area contributed by atoms with E-state index in [1.54, 1.807) is 18.2 Å². The number of halogens is 1. The van der Waals surface area contributed by atoms with E-state index in [-0.39, 0.29) is 17.6 Å². The smallest absolute Gasteiger partial charge is 0.255 e. The Morgan fingerprint density at radius 2 is 1.93 bits per heavy atom. The van der Waals surface area contributed by atoms with Gasteiger partial charge >= 0.3 is 0 Å². The van der Waals surface area contributed by atoms with Crippen molar-refractivity contribution >= 4 is 17.5 Å². The van der Waals surface area contributed by atoms with Crippen molar-refractivity contribution < 1.29 is 14.0 Å². The van der Waals surface area contributed by atoms with Gasteiger partial charge in [0.15, 0.2) is 5.78 Å². The molecule has 1 aliphatic heterocycles. The molecule has 1 amide bonds. The Morgan fingerprint density at radius 3 is 2.67 bits per heavy atom. The number of rotatable bonds is 3. The van der Waals surface area contributed by atoms with E-state index in [0.29, 0.717) is 34.6 Å². The number of nitrogens with one attached hydrogen (secondary N) is 2. The lowest BCUT2D eigenvalue weighted by Crippen LogP contribution is -2.37. The van der Waals surface area contributed by atoms with Crippen molar-refractivity contribution in [3.05, 3.63) is 82.1 Å². The minimum atomic E-state index is -0.623. The molecular formula is C24H24FN3O2. The van der Waals surface area contributed by atoms with E-state index < -0.39 is 11.7 Å². The minimum Gasteiger partial charge on any atom is -0.362 e.